The van der Waals surface area contributed by atoms with E-state index in [1.165, 1.54) is 0 Å². The number of rotatable bonds is 9. The van der Waals surface area contributed by atoms with Crippen molar-refractivity contribution in [3.8, 4) is 5.75 Å². The Balaban J connectivity index is 1.98. The number of hydrogen-bond acceptors (Lipinski definition) is 4. The largest absolute Gasteiger partial charge is 0.497 e. The summed E-state index contributed by atoms with van der Waals surface area (Å²) < 4.78 is 5.10. The normalized spacial score (nSPS) is 14.5. The summed E-state index contributed by atoms with van der Waals surface area (Å²) in [5.74, 6) is -0.410. The van der Waals surface area contributed by atoms with E-state index in [0.717, 1.165) is 11.1 Å². The topological polar surface area (TPSA) is 92.8 Å². The molecule has 0 aliphatic rings. The van der Waals surface area contributed by atoms with Crippen LogP contribution in [0.5, 0.6) is 5.75 Å². The van der Waals surface area contributed by atoms with E-state index < -0.39 is 17.6 Å². The van der Waals surface area contributed by atoms with Crippen molar-refractivity contribution in [2.24, 2.45) is 5.73 Å². The fourth-order valence-electron chi connectivity index (χ4n) is 2.84. The molecule has 2 unspecified atom stereocenters. The number of aliphatic hydroxyl groups excluding tert-OH is 1. The molecule has 0 radical (unpaired) electrons. The zero-order valence-corrected chi connectivity index (χ0v) is 14.4. The van der Waals surface area contributed by atoms with Gasteiger partial charge in [0.15, 0.2) is 0 Å². The van der Waals surface area contributed by atoms with Crippen molar-refractivity contribution >= 4 is 5.97 Å². The molecular weight excluding hydrogens is 318 g/mol. The van der Waals surface area contributed by atoms with Crippen LogP contribution < -0.4 is 10.5 Å². The summed E-state index contributed by atoms with van der Waals surface area (Å²) in [6, 6.07) is 16.9. The molecule has 0 amide bonds. The third-order valence-corrected chi connectivity index (χ3v) is 4.31. The van der Waals surface area contributed by atoms with Gasteiger partial charge in [-0.1, -0.05) is 42.5 Å². The Labute approximate surface area is 148 Å². The first-order valence-corrected chi connectivity index (χ1v) is 8.30. The van der Waals surface area contributed by atoms with E-state index in [-0.39, 0.29) is 12.8 Å². The summed E-state index contributed by atoms with van der Waals surface area (Å²) in [6.07, 6.45) is 0.522. The molecule has 2 rings (SSSR count). The number of benzene rings is 2. The fourth-order valence-corrected chi connectivity index (χ4v) is 2.84. The highest BCUT2D eigenvalue weighted by molar-refractivity contribution is 5.79. The fraction of sp³-hybridized carbons (Fsp3) is 0.350. The van der Waals surface area contributed by atoms with E-state index >= 15 is 0 Å². The summed E-state index contributed by atoms with van der Waals surface area (Å²) in [5.41, 5.74) is 6.51. The minimum atomic E-state index is -1.51. The van der Waals surface area contributed by atoms with Gasteiger partial charge >= 0.3 is 5.97 Å². The van der Waals surface area contributed by atoms with Gasteiger partial charge in [0.1, 0.15) is 11.3 Å². The first-order chi connectivity index (χ1) is 11.9. The number of hydrogen-bond donors (Lipinski definition) is 3. The van der Waals surface area contributed by atoms with E-state index in [1.807, 2.05) is 30.3 Å². The second-order valence-electron chi connectivity index (χ2n) is 6.37. The number of aliphatic hydroxyl groups is 1. The van der Waals surface area contributed by atoms with Crippen LogP contribution in [0.15, 0.2) is 54.6 Å². The lowest BCUT2D eigenvalue weighted by molar-refractivity contribution is -0.144. The Hall–Kier alpha value is -2.37. The third-order valence-electron chi connectivity index (χ3n) is 4.31. The van der Waals surface area contributed by atoms with Crippen LogP contribution in [0.1, 0.15) is 24.0 Å². The average Bonchev–Trinajstić information content (AvgIpc) is 2.61. The van der Waals surface area contributed by atoms with E-state index in [2.05, 4.69) is 0 Å². The molecule has 2 aromatic carbocycles. The maximum absolute atomic E-state index is 11.7. The first kappa shape index (κ1) is 19.0. The van der Waals surface area contributed by atoms with Crippen LogP contribution >= 0.6 is 0 Å². The quantitative estimate of drug-likeness (QED) is 0.650. The number of carbonyl (C=O) groups is 1. The highest BCUT2D eigenvalue weighted by atomic mass is 16.5. The van der Waals surface area contributed by atoms with Crippen molar-refractivity contribution in [3.63, 3.8) is 0 Å². The summed E-state index contributed by atoms with van der Waals surface area (Å²) in [4.78, 5) is 11.7. The molecule has 5 heteroatoms. The molecule has 4 N–H and O–H groups in total. The highest BCUT2D eigenvalue weighted by Crippen LogP contribution is 2.21. The lowest BCUT2D eigenvalue weighted by Gasteiger charge is -2.27. The maximum Gasteiger partial charge on any atom is 0.324 e. The lowest BCUT2D eigenvalue weighted by atomic mass is 9.85. The zero-order chi connectivity index (χ0) is 18.3. The van der Waals surface area contributed by atoms with Gasteiger partial charge in [-0.25, -0.2) is 0 Å². The molecule has 2 atom stereocenters. The summed E-state index contributed by atoms with van der Waals surface area (Å²) in [5, 5.41) is 19.9. The van der Waals surface area contributed by atoms with Gasteiger partial charge in [0, 0.05) is 12.8 Å². The summed E-state index contributed by atoms with van der Waals surface area (Å²) >= 11 is 0. The molecule has 0 aliphatic heterocycles. The van der Waals surface area contributed by atoms with Gasteiger partial charge in [0.25, 0.3) is 0 Å². The molecule has 0 heterocycles. The second kappa shape index (κ2) is 8.65. The number of carboxylic acid groups (broad SMARTS) is 1. The van der Waals surface area contributed by atoms with Crippen molar-refractivity contribution < 1.29 is 19.7 Å². The Bertz CT molecular complexity index is 672. The predicted octanol–water partition coefficient (Wildman–Crippen LogP) is 2.40. The molecular formula is C20H25NO4. The molecule has 0 spiro atoms. The highest BCUT2D eigenvalue weighted by Gasteiger charge is 2.36. The number of carboxylic acids is 1. The summed E-state index contributed by atoms with van der Waals surface area (Å²) in [6.45, 7) is 0. The smallest absolute Gasteiger partial charge is 0.324 e. The van der Waals surface area contributed by atoms with E-state index in [1.54, 1.807) is 31.4 Å². The molecule has 0 saturated carbocycles. The third kappa shape index (κ3) is 5.59. The van der Waals surface area contributed by atoms with Crippen LogP contribution in [0, 0.1) is 0 Å². The molecule has 25 heavy (non-hydrogen) atoms. The van der Waals surface area contributed by atoms with E-state index in [4.69, 9.17) is 10.5 Å². The van der Waals surface area contributed by atoms with Crippen LogP contribution in [-0.4, -0.2) is 34.9 Å². The number of aliphatic carboxylic acids is 1. The van der Waals surface area contributed by atoms with Crippen LogP contribution in [0.3, 0.4) is 0 Å². The molecule has 0 aromatic heterocycles. The van der Waals surface area contributed by atoms with Gasteiger partial charge < -0.3 is 20.7 Å². The molecule has 2 aromatic rings. The number of ether oxygens (including phenoxy) is 1. The maximum atomic E-state index is 11.7. The van der Waals surface area contributed by atoms with Crippen molar-refractivity contribution in [1.82, 2.24) is 0 Å². The van der Waals surface area contributed by atoms with Crippen molar-refractivity contribution in [2.75, 3.05) is 7.11 Å². The Morgan fingerprint density at radius 1 is 1.12 bits per heavy atom. The second-order valence-corrected chi connectivity index (χ2v) is 6.37. The molecule has 0 bridgehead atoms. The first-order valence-electron chi connectivity index (χ1n) is 8.30. The van der Waals surface area contributed by atoms with Gasteiger partial charge in [-0.05, 0) is 36.1 Å². The van der Waals surface area contributed by atoms with Crippen LogP contribution in [-0.2, 0) is 17.6 Å². The van der Waals surface area contributed by atoms with Crippen LogP contribution in [0.4, 0.5) is 0 Å². The number of methoxy groups -OCH3 is 1. The predicted molar refractivity (Wildman–Crippen MR) is 96.6 cm³/mol. The zero-order valence-electron chi connectivity index (χ0n) is 14.4. The Morgan fingerprint density at radius 2 is 1.76 bits per heavy atom. The SMILES string of the molecule is COc1ccc(CC(N)(CC(O)CCc2ccccc2)C(=O)O)cc1. The minimum Gasteiger partial charge on any atom is -0.497 e. The van der Waals surface area contributed by atoms with Gasteiger partial charge in [0.05, 0.1) is 13.2 Å². The van der Waals surface area contributed by atoms with E-state index in [0.29, 0.717) is 18.6 Å². The summed E-state index contributed by atoms with van der Waals surface area (Å²) in [7, 11) is 1.57. The van der Waals surface area contributed by atoms with Crippen molar-refractivity contribution in [1.29, 1.82) is 0 Å². The monoisotopic (exact) mass is 343 g/mol. The number of nitrogens with two attached hydrogens (primary N) is 1. The van der Waals surface area contributed by atoms with E-state index in [9.17, 15) is 15.0 Å². The van der Waals surface area contributed by atoms with Gasteiger partial charge in [-0.2, -0.15) is 0 Å². The lowest BCUT2D eigenvalue weighted by Crippen LogP contribution is -2.52. The van der Waals surface area contributed by atoms with Crippen molar-refractivity contribution in [2.45, 2.75) is 37.3 Å². The molecule has 0 fully saturated rings. The molecule has 0 saturated heterocycles. The van der Waals surface area contributed by atoms with Crippen LogP contribution in [0.25, 0.3) is 0 Å². The Morgan fingerprint density at radius 3 is 2.32 bits per heavy atom. The minimum absolute atomic E-state index is 0.00119. The molecule has 134 valence electrons. The standard InChI is InChI=1S/C20H25NO4/c1-25-18-11-8-16(9-12-18)13-20(21,19(23)24)14-17(22)10-7-15-5-3-2-4-6-15/h2-6,8-9,11-12,17,22H,7,10,13-14,21H2,1H3,(H,23,24). The van der Waals surface area contributed by atoms with Crippen LogP contribution in [0.2, 0.25) is 0 Å². The van der Waals surface area contributed by atoms with Crippen molar-refractivity contribution in [3.05, 3.63) is 65.7 Å². The van der Waals surface area contributed by atoms with Gasteiger partial charge in [-0.3, -0.25) is 4.79 Å². The van der Waals surface area contributed by atoms with Gasteiger partial charge in [0.2, 0.25) is 0 Å². The molecule has 5 nitrogen and oxygen atoms in total. The Kier molecular flexibility index (Phi) is 6.56. The average molecular weight is 343 g/mol. The van der Waals surface area contributed by atoms with Gasteiger partial charge in [-0.15, -0.1) is 0 Å². The number of aryl methyl sites for hydroxylation is 1. The molecule has 0 aliphatic carbocycles.